The molecule has 0 fully saturated rings. The molecule has 0 aromatic carbocycles. The highest BCUT2D eigenvalue weighted by atomic mass is 16.5. The maximum Gasteiger partial charge on any atom is 0.333 e. The lowest BCUT2D eigenvalue weighted by Crippen LogP contribution is -2.17. The van der Waals surface area contributed by atoms with Crippen LogP contribution in [0.3, 0.4) is 0 Å². The molecule has 0 aromatic rings. The van der Waals surface area contributed by atoms with Crippen LogP contribution >= 0.6 is 0 Å². The van der Waals surface area contributed by atoms with Crippen LogP contribution in [0.25, 0.3) is 0 Å². The average molecular weight is 282 g/mol. The van der Waals surface area contributed by atoms with E-state index in [4.69, 9.17) is 4.74 Å². The Morgan fingerprint density at radius 2 is 1.80 bits per heavy atom. The summed E-state index contributed by atoms with van der Waals surface area (Å²) in [6.07, 6.45) is 5.88. The summed E-state index contributed by atoms with van der Waals surface area (Å²) in [7, 11) is 0. The van der Waals surface area contributed by atoms with E-state index in [1.165, 1.54) is 12.8 Å². The lowest BCUT2D eigenvalue weighted by Gasteiger charge is -2.25. The molecule has 0 spiro atoms. The minimum absolute atomic E-state index is 0.256. The Kier molecular flexibility index (Phi) is 8.84. The Labute approximate surface area is 126 Å². The second-order valence-electron chi connectivity index (χ2n) is 7.48. The van der Waals surface area contributed by atoms with Crippen molar-refractivity contribution < 1.29 is 9.53 Å². The van der Waals surface area contributed by atoms with Crippen LogP contribution in [-0.4, -0.2) is 12.6 Å². The van der Waals surface area contributed by atoms with Crippen LogP contribution < -0.4 is 0 Å². The van der Waals surface area contributed by atoms with Crippen molar-refractivity contribution in [3.8, 4) is 0 Å². The first-order valence-corrected chi connectivity index (χ1v) is 7.98. The third kappa shape index (κ3) is 10.1. The minimum atomic E-state index is -0.256. The summed E-state index contributed by atoms with van der Waals surface area (Å²) >= 11 is 0. The van der Waals surface area contributed by atoms with E-state index in [-0.39, 0.29) is 5.97 Å². The summed E-state index contributed by atoms with van der Waals surface area (Å²) in [5.41, 5.74) is 0.882. The zero-order valence-corrected chi connectivity index (χ0v) is 14.4. The molecule has 0 aliphatic carbocycles. The number of carbonyl (C=O) groups is 1. The van der Waals surface area contributed by atoms with E-state index in [1.54, 1.807) is 6.92 Å². The lowest BCUT2D eigenvalue weighted by atomic mass is 9.82. The number of hydrogen-bond donors (Lipinski definition) is 0. The third-order valence-electron chi connectivity index (χ3n) is 3.52. The van der Waals surface area contributed by atoms with Crippen LogP contribution in [0, 0.1) is 17.3 Å². The molecule has 0 saturated heterocycles. The molecule has 0 heterocycles. The molecule has 118 valence electrons. The Morgan fingerprint density at radius 3 is 2.25 bits per heavy atom. The quantitative estimate of drug-likeness (QED) is 0.419. The van der Waals surface area contributed by atoms with Crippen LogP contribution in [0.1, 0.15) is 73.6 Å². The van der Waals surface area contributed by atoms with E-state index < -0.39 is 0 Å². The minimum Gasteiger partial charge on any atom is -0.462 e. The third-order valence-corrected chi connectivity index (χ3v) is 3.52. The molecule has 2 atom stereocenters. The van der Waals surface area contributed by atoms with E-state index in [2.05, 4.69) is 41.2 Å². The molecule has 2 unspecified atom stereocenters. The summed E-state index contributed by atoms with van der Waals surface area (Å²) in [5, 5.41) is 0. The van der Waals surface area contributed by atoms with Gasteiger partial charge in [-0.25, -0.2) is 4.79 Å². The molecule has 0 aliphatic heterocycles. The maximum absolute atomic E-state index is 11.5. The van der Waals surface area contributed by atoms with Crippen molar-refractivity contribution in [2.45, 2.75) is 73.6 Å². The van der Waals surface area contributed by atoms with E-state index in [9.17, 15) is 4.79 Å². The number of rotatable bonds is 9. The van der Waals surface area contributed by atoms with Crippen molar-refractivity contribution in [2.75, 3.05) is 6.61 Å². The van der Waals surface area contributed by atoms with Gasteiger partial charge in [-0.2, -0.15) is 0 Å². The topological polar surface area (TPSA) is 26.3 Å². The van der Waals surface area contributed by atoms with Crippen molar-refractivity contribution in [3.05, 3.63) is 12.2 Å². The SMILES string of the molecule is C=C(C)C(=O)OCC(CCC)CCC(C)CC(C)(C)C. The van der Waals surface area contributed by atoms with Gasteiger partial charge in [0.2, 0.25) is 0 Å². The molecule has 0 aromatic heterocycles. The molecule has 2 nitrogen and oxygen atoms in total. The zero-order valence-electron chi connectivity index (χ0n) is 14.4. The average Bonchev–Trinajstić information content (AvgIpc) is 2.29. The van der Waals surface area contributed by atoms with Crippen molar-refractivity contribution in [1.82, 2.24) is 0 Å². The van der Waals surface area contributed by atoms with Crippen LogP contribution in [0.2, 0.25) is 0 Å². The van der Waals surface area contributed by atoms with Gasteiger partial charge in [0.1, 0.15) is 0 Å². The summed E-state index contributed by atoms with van der Waals surface area (Å²) < 4.78 is 5.31. The molecule has 20 heavy (non-hydrogen) atoms. The normalized spacial score (nSPS) is 14.7. The zero-order chi connectivity index (χ0) is 15.8. The largest absolute Gasteiger partial charge is 0.462 e. The van der Waals surface area contributed by atoms with E-state index in [0.717, 1.165) is 25.2 Å². The smallest absolute Gasteiger partial charge is 0.333 e. The van der Waals surface area contributed by atoms with Gasteiger partial charge in [0.25, 0.3) is 0 Å². The second kappa shape index (κ2) is 9.20. The van der Waals surface area contributed by atoms with Crippen LogP contribution in [0.4, 0.5) is 0 Å². The van der Waals surface area contributed by atoms with Gasteiger partial charge in [0, 0.05) is 5.57 Å². The fourth-order valence-electron chi connectivity index (χ4n) is 2.70. The highest BCUT2D eigenvalue weighted by molar-refractivity contribution is 5.86. The number of ether oxygens (including phenoxy) is 1. The summed E-state index contributed by atoms with van der Waals surface area (Å²) in [5.74, 6) is 0.964. The highest BCUT2D eigenvalue weighted by Gasteiger charge is 2.18. The molecule has 0 radical (unpaired) electrons. The van der Waals surface area contributed by atoms with Gasteiger partial charge in [-0.15, -0.1) is 0 Å². The first kappa shape index (κ1) is 19.2. The number of carbonyl (C=O) groups excluding carboxylic acids is 1. The molecule has 0 aliphatic rings. The first-order chi connectivity index (χ1) is 9.15. The Hall–Kier alpha value is -0.790. The highest BCUT2D eigenvalue weighted by Crippen LogP contribution is 2.28. The standard InChI is InChI=1S/C18H34O2/c1-8-9-16(13-20-17(19)14(2)3)11-10-15(4)12-18(5,6)7/h15-16H,2,8-13H2,1,3-7H3. The van der Waals surface area contributed by atoms with Gasteiger partial charge in [-0.05, 0) is 43.4 Å². The molecule has 0 amide bonds. The fraction of sp³-hybridized carbons (Fsp3) is 0.833. The van der Waals surface area contributed by atoms with Crippen molar-refractivity contribution in [1.29, 1.82) is 0 Å². The van der Waals surface area contributed by atoms with Crippen molar-refractivity contribution >= 4 is 5.97 Å². The predicted octanol–water partition coefficient (Wildman–Crippen LogP) is 5.37. The van der Waals surface area contributed by atoms with Crippen LogP contribution in [0.5, 0.6) is 0 Å². The van der Waals surface area contributed by atoms with Gasteiger partial charge in [0.15, 0.2) is 0 Å². The Bertz CT molecular complexity index is 299. The van der Waals surface area contributed by atoms with Crippen molar-refractivity contribution in [2.24, 2.45) is 17.3 Å². The van der Waals surface area contributed by atoms with E-state index >= 15 is 0 Å². The lowest BCUT2D eigenvalue weighted by molar-refractivity contribution is -0.140. The summed E-state index contributed by atoms with van der Waals surface area (Å²) in [6.45, 7) is 17.3. The van der Waals surface area contributed by atoms with Gasteiger partial charge < -0.3 is 4.74 Å². The number of hydrogen-bond acceptors (Lipinski definition) is 2. The molecular weight excluding hydrogens is 248 g/mol. The molecule has 0 rings (SSSR count). The summed E-state index contributed by atoms with van der Waals surface area (Å²) in [4.78, 5) is 11.5. The second-order valence-corrected chi connectivity index (χ2v) is 7.48. The number of esters is 1. The fourth-order valence-corrected chi connectivity index (χ4v) is 2.70. The molecule has 0 bridgehead atoms. The Morgan fingerprint density at radius 1 is 1.20 bits per heavy atom. The van der Waals surface area contributed by atoms with E-state index in [0.29, 0.717) is 23.5 Å². The van der Waals surface area contributed by atoms with Crippen LogP contribution in [-0.2, 0) is 9.53 Å². The first-order valence-electron chi connectivity index (χ1n) is 7.98. The van der Waals surface area contributed by atoms with Gasteiger partial charge in [-0.1, -0.05) is 54.0 Å². The predicted molar refractivity (Wildman–Crippen MR) is 86.6 cm³/mol. The summed E-state index contributed by atoms with van der Waals surface area (Å²) in [6, 6.07) is 0. The van der Waals surface area contributed by atoms with Crippen LogP contribution in [0.15, 0.2) is 12.2 Å². The molecular formula is C18H34O2. The van der Waals surface area contributed by atoms with Gasteiger partial charge >= 0.3 is 5.97 Å². The Balaban J connectivity index is 4.14. The maximum atomic E-state index is 11.5. The van der Waals surface area contributed by atoms with Gasteiger partial charge in [0.05, 0.1) is 6.61 Å². The molecule has 0 N–H and O–H groups in total. The molecule has 2 heteroatoms. The van der Waals surface area contributed by atoms with Gasteiger partial charge in [-0.3, -0.25) is 0 Å². The van der Waals surface area contributed by atoms with E-state index in [1.807, 2.05) is 0 Å². The molecule has 0 saturated carbocycles. The van der Waals surface area contributed by atoms with Crippen molar-refractivity contribution in [3.63, 3.8) is 0 Å². The monoisotopic (exact) mass is 282 g/mol.